The van der Waals surface area contributed by atoms with Crippen molar-refractivity contribution < 1.29 is 12.8 Å². The fourth-order valence-electron chi connectivity index (χ4n) is 3.50. The molecule has 0 spiro atoms. The second-order valence-corrected chi connectivity index (χ2v) is 9.09. The Bertz CT molecular complexity index is 836. The molecule has 1 N–H and O–H groups in total. The number of hydrogen-bond donors (Lipinski definition) is 1. The number of hydrogen-bond acceptors (Lipinski definition) is 4. The number of furan rings is 1. The first-order chi connectivity index (χ1) is 12.3. The molecule has 1 aromatic heterocycles. The molecule has 0 atom stereocenters. The van der Waals surface area contributed by atoms with Crippen LogP contribution in [0.1, 0.15) is 35.3 Å². The third kappa shape index (κ3) is 4.55. The van der Waals surface area contributed by atoms with Gasteiger partial charge >= 0.3 is 0 Å². The molecule has 0 radical (unpaired) electrons. The SMILES string of the molecule is Cc1cc(C)c(S(=O)(=O)NCC2CCN(Cc3ccco3)CC2)cc1C. The molecular formula is C20H28N2O3S. The molecule has 1 fully saturated rings. The molecule has 26 heavy (non-hydrogen) atoms. The van der Waals surface area contributed by atoms with E-state index in [0.717, 1.165) is 54.9 Å². The molecular weight excluding hydrogens is 348 g/mol. The van der Waals surface area contributed by atoms with Gasteiger partial charge in [0.1, 0.15) is 5.76 Å². The first kappa shape index (κ1) is 19.1. The van der Waals surface area contributed by atoms with E-state index in [1.54, 1.807) is 12.3 Å². The molecule has 1 aliphatic heterocycles. The first-order valence-corrected chi connectivity index (χ1v) is 10.7. The van der Waals surface area contributed by atoms with Crippen LogP contribution in [0.25, 0.3) is 0 Å². The predicted octanol–water partition coefficient (Wildman–Crippen LogP) is 3.40. The van der Waals surface area contributed by atoms with Crippen molar-refractivity contribution >= 4 is 10.0 Å². The summed E-state index contributed by atoms with van der Waals surface area (Å²) < 4.78 is 33.6. The second-order valence-electron chi connectivity index (χ2n) is 7.35. The van der Waals surface area contributed by atoms with Crippen LogP contribution < -0.4 is 4.72 Å². The summed E-state index contributed by atoms with van der Waals surface area (Å²) in [6.07, 6.45) is 3.69. The lowest BCUT2D eigenvalue weighted by molar-refractivity contribution is 0.168. The van der Waals surface area contributed by atoms with Crippen molar-refractivity contribution in [3.8, 4) is 0 Å². The summed E-state index contributed by atoms with van der Waals surface area (Å²) >= 11 is 0. The van der Waals surface area contributed by atoms with Gasteiger partial charge in [0.25, 0.3) is 0 Å². The van der Waals surface area contributed by atoms with Gasteiger partial charge < -0.3 is 4.42 Å². The summed E-state index contributed by atoms with van der Waals surface area (Å²) in [5.74, 6) is 1.36. The molecule has 5 nitrogen and oxygen atoms in total. The van der Waals surface area contributed by atoms with Crippen LogP contribution in [0.2, 0.25) is 0 Å². The van der Waals surface area contributed by atoms with Gasteiger partial charge in [-0.25, -0.2) is 13.1 Å². The quantitative estimate of drug-likeness (QED) is 0.839. The molecule has 1 saturated heterocycles. The van der Waals surface area contributed by atoms with Gasteiger partial charge in [-0.3, -0.25) is 4.90 Å². The Morgan fingerprint density at radius 1 is 1.12 bits per heavy atom. The van der Waals surface area contributed by atoms with E-state index in [1.807, 2.05) is 39.0 Å². The van der Waals surface area contributed by atoms with E-state index in [-0.39, 0.29) is 0 Å². The van der Waals surface area contributed by atoms with E-state index < -0.39 is 10.0 Å². The number of rotatable bonds is 6. The molecule has 3 rings (SSSR count). The zero-order valence-electron chi connectivity index (χ0n) is 15.8. The molecule has 0 aliphatic carbocycles. The summed E-state index contributed by atoms with van der Waals surface area (Å²) in [6, 6.07) is 7.62. The Labute approximate surface area is 156 Å². The molecule has 0 bridgehead atoms. The predicted molar refractivity (Wildman–Crippen MR) is 103 cm³/mol. The van der Waals surface area contributed by atoms with Crippen molar-refractivity contribution in [3.63, 3.8) is 0 Å². The Morgan fingerprint density at radius 2 is 1.81 bits per heavy atom. The lowest BCUT2D eigenvalue weighted by atomic mass is 9.97. The fraction of sp³-hybridized carbons (Fsp3) is 0.500. The fourth-order valence-corrected chi connectivity index (χ4v) is 4.93. The lowest BCUT2D eigenvalue weighted by Crippen LogP contribution is -2.38. The summed E-state index contributed by atoms with van der Waals surface area (Å²) in [4.78, 5) is 2.76. The molecule has 0 amide bonds. The zero-order valence-corrected chi connectivity index (χ0v) is 16.6. The number of likely N-dealkylation sites (tertiary alicyclic amines) is 1. The van der Waals surface area contributed by atoms with Crippen LogP contribution in [0.15, 0.2) is 39.8 Å². The maximum absolute atomic E-state index is 12.7. The highest BCUT2D eigenvalue weighted by Gasteiger charge is 2.23. The Morgan fingerprint density at radius 3 is 2.46 bits per heavy atom. The molecule has 0 saturated carbocycles. The molecule has 1 aromatic carbocycles. The van der Waals surface area contributed by atoms with Crippen molar-refractivity contribution in [2.45, 2.75) is 45.1 Å². The molecule has 1 aliphatic rings. The van der Waals surface area contributed by atoms with Crippen LogP contribution in [-0.4, -0.2) is 33.0 Å². The topological polar surface area (TPSA) is 62.6 Å². The van der Waals surface area contributed by atoms with Gasteiger partial charge in [-0.2, -0.15) is 0 Å². The lowest BCUT2D eigenvalue weighted by Gasteiger charge is -2.31. The van der Waals surface area contributed by atoms with Crippen LogP contribution in [0, 0.1) is 26.7 Å². The molecule has 6 heteroatoms. The highest BCUT2D eigenvalue weighted by atomic mass is 32.2. The minimum Gasteiger partial charge on any atom is -0.468 e. The van der Waals surface area contributed by atoms with Crippen LogP contribution in [0.3, 0.4) is 0 Å². The van der Waals surface area contributed by atoms with Gasteiger partial charge in [0.15, 0.2) is 0 Å². The van der Waals surface area contributed by atoms with Gasteiger partial charge in [-0.15, -0.1) is 0 Å². The third-order valence-electron chi connectivity index (χ3n) is 5.31. The summed E-state index contributed by atoms with van der Waals surface area (Å²) in [5.41, 5.74) is 2.92. The van der Waals surface area contributed by atoms with Crippen LogP contribution in [-0.2, 0) is 16.6 Å². The maximum atomic E-state index is 12.7. The maximum Gasteiger partial charge on any atom is 0.240 e. The second kappa shape index (κ2) is 7.94. The van der Waals surface area contributed by atoms with Crippen molar-refractivity contribution in [1.29, 1.82) is 0 Å². The zero-order chi connectivity index (χ0) is 18.7. The first-order valence-electron chi connectivity index (χ1n) is 9.17. The van der Waals surface area contributed by atoms with E-state index in [4.69, 9.17) is 4.42 Å². The van der Waals surface area contributed by atoms with Gasteiger partial charge in [-0.1, -0.05) is 6.07 Å². The van der Waals surface area contributed by atoms with E-state index in [0.29, 0.717) is 17.4 Å². The van der Waals surface area contributed by atoms with Crippen molar-refractivity contribution in [1.82, 2.24) is 9.62 Å². The van der Waals surface area contributed by atoms with E-state index in [2.05, 4.69) is 9.62 Å². The average molecular weight is 377 g/mol. The van der Waals surface area contributed by atoms with Gasteiger partial charge in [0.2, 0.25) is 10.0 Å². The van der Waals surface area contributed by atoms with Gasteiger partial charge in [0.05, 0.1) is 17.7 Å². The van der Waals surface area contributed by atoms with Crippen molar-refractivity contribution in [2.24, 2.45) is 5.92 Å². The Kier molecular flexibility index (Phi) is 5.85. The number of piperidine rings is 1. The molecule has 142 valence electrons. The number of benzene rings is 1. The van der Waals surface area contributed by atoms with E-state index in [1.165, 1.54) is 0 Å². The molecule has 2 aromatic rings. The van der Waals surface area contributed by atoms with Crippen molar-refractivity contribution in [3.05, 3.63) is 53.0 Å². The number of nitrogens with one attached hydrogen (secondary N) is 1. The highest BCUT2D eigenvalue weighted by molar-refractivity contribution is 7.89. The smallest absolute Gasteiger partial charge is 0.240 e. The normalized spacial score (nSPS) is 16.9. The summed E-state index contributed by atoms with van der Waals surface area (Å²) in [7, 11) is -3.46. The average Bonchev–Trinajstić information content (AvgIpc) is 3.10. The minimum absolute atomic E-state index is 0.379. The Hall–Kier alpha value is -1.63. The molecule has 0 unspecified atom stereocenters. The van der Waals surface area contributed by atoms with Gasteiger partial charge in [-0.05, 0) is 87.5 Å². The van der Waals surface area contributed by atoms with Gasteiger partial charge in [0, 0.05) is 6.54 Å². The largest absolute Gasteiger partial charge is 0.468 e. The third-order valence-corrected chi connectivity index (χ3v) is 6.88. The van der Waals surface area contributed by atoms with E-state index in [9.17, 15) is 8.42 Å². The monoisotopic (exact) mass is 376 g/mol. The minimum atomic E-state index is -3.46. The molecule has 2 heterocycles. The summed E-state index contributed by atoms with van der Waals surface area (Å²) in [6.45, 7) is 9.07. The van der Waals surface area contributed by atoms with Crippen LogP contribution >= 0.6 is 0 Å². The number of aryl methyl sites for hydroxylation is 3. The summed E-state index contributed by atoms with van der Waals surface area (Å²) in [5, 5.41) is 0. The highest BCUT2D eigenvalue weighted by Crippen LogP contribution is 2.22. The standard InChI is InChI=1S/C20H28N2O3S/c1-15-11-17(3)20(12-16(15)2)26(23,24)21-13-18-6-8-22(9-7-18)14-19-5-4-10-25-19/h4-5,10-12,18,21H,6-9,13-14H2,1-3H3. The number of nitrogens with zero attached hydrogens (tertiary/aromatic N) is 1. The Balaban J connectivity index is 1.54. The van der Waals surface area contributed by atoms with Crippen molar-refractivity contribution in [2.75, 3.05) is 19.6 Å². The number of sulfonamides is 1. The van der Waals surface area contributed by atoms with Crippen LogP contribution in [0.4, 0.5) is 0 Å². The van der Waals surface area contributed by atoms with E-state index >= 15 is 0 Å². The van der Waals surface area contributed by atoms with Crippen LogP contribution in [0.5, 0.6) is 0 Å².